The van der Waals surface area contributed by atoms with E-state index in [1.54, 1.807) is 24.3 Å². The highest BCUT2D eigenvalue weighted by Gasteiger charge is 2.65. The van der Waals surface area contributed by atoms with Gasteiger partial charge < -0.3 is 28.5 Å². The van der Waals surface area contributed by atoms with E-state index in [1.807, 2.05) is 6.07 Å². The molecule has 0 saturated carbocycles. The van der Waals surface area contributed by atoms with Crippen LogP contribution in [0.2, 0.25) is 0 Å². The third-order valence-electron chi connectivity index (χ3n) is 4.52. The van der Waals surface area contributed by atoms with E-state index >= 15 is 0 Å². The molecule has 11 nitrogen and oxygen atoms in total. The van der Waals surface area contributed by atoms with Gasteiger partial charge in [0.2, 0.25) is 6.10 Å². The van der Waals surface area contributed by atoms with Crippen LogP contribution < -0.4 is 0 Å². The number of rotatable bonds is 6. The van der Waals surface area contributed by atoms with Crippen LogP contribution in [0.5, 0.6) is 0 Å². The molecule has 1 aromatic rings. The van der Waals surface area contributed by atoms with Crippen molar-refractivity contribution < 1.29 is 47.7 Å². The summed E-state index contributed by atoms with van der Waals surface area (Å²) < 4.78 is 27.4. The molecule has 1 saturated heterocycles. The summed E-state index contributed by atoms with van der Waals surface area (Å²) >= 11 is 0.983. The quantitative estimate of drug-likeness (QED) is 0.432. The Morgan fingerprint density at radius 2 is 1.52 bits per heavy atom. The highest BCUT2D eigenvalue weighted by atomic mass is 32.2. The van der Waals surface area contributed by atoms with Crippen LogP contribution in [0.3, 0.4) is 0 Å². The van der Waals surface area contributed by atoms with Crippen molar-refractivity contribution in [3.8, 4) is 0 Å². The van der Waals surface area contributed by atoms with Crippen molar-refractivity contribution in [3.05, 3.63) is 35.9 Å². The van der Waals surface area contributed by atoms with E-state index in [1.165, 1.54) is 6.92 Å². The predicted octanol–water partition coefficient (Wildman–Crippen LogP) is 1.52. The van der Waals surface area contributed by atoms with Gasteiger partial charge in [-0.1, -0.05) is 35.5 Å². The topological polar surface area (TPSA) is 136 Å². The minimum absolute atomic E-state index is 0.357. The molecule has 0 aliphatic carbocycles. The van der Waals surface area contributed by atoms with E-state index in [0.29, 0.717) is 10.6 Å². The van der Waals surface area contributed by atoms with Crippen molar-refractivity contribution in [1.29, 1.82) is 0 Å². The molecule has 2 aliphatic heterocycles. The van der Waals surface area contributed by atoms with Gasteiger partial charge in [-0.25, -0.2) is 0 Å². The molecule has 1 fully saturated rings. The third kappa shape index (κ3) is 5.82. The maximum absolute atomic E-state index is 12.0. The molecule has 178 valence electrons. The summed E-state index contributed by atoms with van der Waals surface area (Å²) in [5.41, 5.74) is 0.701. The molecule has 0 bridgehead atoms. The Hall–Kier alpha value is -3.12. The van der Waals surface area contributed by atoms with Gasteiger partial charge in [-0.2, -0.15) is 0 Å². The second-order valence-electron chi connectivity index (χ2n) is 7.20. The highest BCUT2D eigenvalue weighted by Crippen LogP contribution is 2.48. The van der Waals surface area contributed by atoms with E-state index < -0.39 is 53.4 Å². The summed E-state index contributed by atoms with van der Waals surface area (Å²) in [7, 11) is 0. The van der Waals surface area contributed by atoms with Crippen LogP contribution >= 0.6 is 11.8 Å². The van der Waals surface area contributed by atoms with E-state index in [9.17, 15) is 19.2 Å². The maximum Gasteiger partial charge on any atom is 0.332 e. The molecule has 1 spiro atoms. The summed E-state index contributed by atoms with van der Waals surface area (Å²) in [5.74, 6) is -2.78. The Bertz CT molecular complexity index is 952. The van der Waals surface area contributed by atoms with Gasteiger partial charge in [0.25, 0.3) is 0 Å². The molecule has 0 amide bonds. The molecule has 1 aromatic carbocycles. The molecule has 0 aromatic heterocycles. The molecule has 0 N–H and O–H groups in total. The lowest BCUT2D eigenvalue weighted by molar-refractivity contribution is -0.323. The van der Waals surface area contributed by atoms with Crippen LogP contribution in [-0.2, 0) is 47.7 Å². The SMILES string of the molecule is CC(=O)OC[C@H]1O[C@]2(ON=C(c3ccccc3)S2)[C@H](OC(C)=O)[C@@H](OC(C)=O)[C@H]1OC(C)=O. The maximum atomic E-state index is 12.0. The Morgan fingerprint density at radius 1 is 0.909 bits per heavy atom. The predicted molar refractivity (Wildman–Crippen MR) is 113 cm³/mol. The van der Waals surface area contributed by atoms with Crippen molar-refractivity contribution >= 4 is 40.7 Å². The Morgan fingerprint density at radius 3 is 2.09 bits per heavy atom. The van der Waals surface area contributed by atoms with Crippen LogP contribution in [0.1, 0.15) is 33.3 Å². The van der Waals surface area contributed by atoms with Crippen LogP contribution in [0.25, 0.3) is 0 Å². The fraction of sp³-hybridized carbons (Fsp3) is 0.476. The molecule has 3 rings (SSSR count). The number of carbonyl (C=O) groups is 4. The lowest BCUT2D eigenvalue weighted by Crippen LogP contribution is -2.67. The van der Waals surface area contributed by atoms with Crippen LogP contribution in [0.4, 0.5) is 0 Å². The Balaban J connectivity index is 2.02. The van der Waals surface area contributed by atoms with Crippen LogP contribution in [0.15, 0.2) is 35.5 Å². The monoisotopic (exact) mass is 481 g/mol. The number of nitrogens with zero attached hydrogens (tertiary/aromatic N) is 1. The van der Waals surface area contributed by atoms with Gasteiger partial charge in [0.05, 0.1) is 0 Å². The van der Waals surface area contributed by atoms with Crippen molar-refractivity contribution in [1.82, 2.24) is 0 Å². The van der Waals surface area contributed by atoms with E-state index in [4.69, 9.17) is 28.5 Å². The van der Waals surface area contributed by atoms with Gasteiger partial charge in [-0.05, 0) is 11.8 Å². The minimum Gasteiger partial charge on any atom is -0.463 e. The summed E-state index contributed by atoms with van der Waals surface area (Å²) in [6.45, 7) is 4.29. The average molecular weight is 481 g/mol. The number of ether oxygens (including phenoxy) is 5. The summed E-state index contributed by atoms with van der Waals surface area (Å²) in [4.78, 5) is 52.8. The first-order valence-corrected chi connectivity index (χ1v) is 10.8. The Kier molecular flexibility index (Phi) is 7.59. The fourth-order valence-corrected chi connectivity index (χ4v) is 4.50. The number of hydrogen-bond acceptors (Lipinski definition) is 12. The zero-order chi connectivity index (χ0) is 24.2. The van der Waals surface area contributed by atoms with Crippen molar-refractivity contribution in [2.45, 2.75) is 57.2 Å². The lowest BCUT2D eigenvalue weighted by atomic mass is 9.98. The molecular formula is C21H23NO10S. The van der Waals surface area contributed by atoms with Gasteiger partial charge in [0, 0.05) is 33.3 Å². The second-order valence-corrected chi connectivity index (χ2v) is 8.36. The number of carbonyl (C=O) groups excluding carboxylic acids is 4. The number of hydrogen-bond donors (Lipinski definition) is 0. The van der Waals surface area contributed by atoms with Crippen molar-refractivity contribution in [2.24, 2.45) is 5.16 Å². The normalized spacial score (nSPS) is 28.3. The van der Waals surface area contributed by atoms with Crippen molar-refractivity contribution in [2.75, 3.05) is 6.61 Å². The first-order valence-electron chi connectivity index (χ1n) is 9.94. The summed E-state index contributed by atoms with van der Waals surface area (Å²) in [6.07, 6.45) is -5.13. The van der Waals surface area contributed by atoms with E-state index in [2.05, 4.69) is 5.16 Å². The second kappa shape index (κ2) is 10.2. The molecule has 12 heteroatoms. The van der Waals surface area contributed by atoms with E-state index in [-0.39, 0.29) is 6.61 Å². The van der Waals surface area contributed by atoms with Gasteiger partial charge in [0.15, 0.2) is 12.2 Å². The van der Waals surface area contributed by atoms with Crippen molar-refractivity contribution in [3.63, 3.8) is 0 Å². The smallest absolute Gasteiger partial charge is 0.332 e. The third-order valence-corrected chi connectivity index (χ3v) is 5.71. The zero-order valence-electron chi connectivity index (χ0n) is 18.3. The lowest BCUT2D eigenvalue weighted by Gasteiger charge is -2.47. The number of thioether (sulfide) groups is 1. The van der Waals surface area contributed by atoms with Gasteiger partial charge >= 0.3 is 29.0 Å². The number of benzene rings is 1. The molecule has 0 radical (unpaired) electrons. The van der Waals surface area contributed by atoms with Gasteiger partial charge in [-0.15, -0.1) is 0 Å². The number of esters is 4. The standard InChI is InChI=1S/C21H23NO10S/c1-11(23)27-10-16-17(28-12(2)24)18(29-13(3)25)19(30-14(4)26)21(31-16)32-22-20(33-21)15-8-6-5-7-9-15/h5-9,16-19H,10H2,1-4H3/t16-,17+,18+,19-,21+/m1/s1. The minimum atomic E-state index is -1.81. The zero-order valence-corrected chi connectivity index (χ0v) is 19.2. The highest BCUT2D eigenvalue weighted by molar-refractivity contribution is 8.15. The first kappa shape index (κ1) is 24.5. The molecule has 5 atom stereocenters. The average Bonchev–Trinajstić information content (AvgIpc) is 3.16. The van der Waals surface area contributed by atoms with Crippen LogP contribution in [-0.4, -0.2) is 65.1 Å². The molecule has 0 unspecified atom stereocenters. The molecule has 2 heterocycles. The summed E-state index contributed by atoms with van der Waals surface area (Å²) in [6, 6.07) is 9.01. The van der Waals surface area contributed by atoms with E-state index in [0.717, 1.165) is 32.5 Å². The first-order chi connectivity index (χ1) is 15.6. The fourth-order valence-electron chi connectivity index (χ4n) is 3.36. The van der Waals surface area contributed by atoms with Gasteiger partial charge in [0.1, 0.15) is 17.8 Å². The molecule has 2 aliphatic rings. The van der Waals surface area contributed by atoms with Crippen LogP contribution in [0, 0.1) is 0 Å². The summed E-state index contributed by atoms with van der Waals surface area (Å²) in [5, 5.41) is 2.68. The largest absolute Gasteiger partial charge is 0.463 e. The van der Waals surface area contributed by atoms with Gasteiger partial charge in [-0.3, -0.25) is 19.2 Å². The Labute approximate surface area is 193 Å². The number of oxime groups is 1. The molecular weight excluding hydrogens is 458 g/mol. The molecule has 33 heavy (non-hydrogen) atoms.